The number of anilines is 2. The number of nitrogens with zero attached hydrogens (tertiary/aromatic N) is 2. The average Bonchev–Trinajstić information content (AvgIpc) is 2.39. The third-order valence-corrected chi connectivity index (χ3v) is 3.79. The molecule has 1 heterocycles. The van der Waals surface area contributed by atoms with Crippen LogP contribution in [-0.4, -0.2) is 45.8 Å². The molecule has 1 aromatic heterocycles. The summed E-state index contributed by atoms with van der Waals surface area (Å²) in [6.45, 7) is 7.33. The molecule has 0 aliphatic carbocycles. The molecule has 114 valence electrons. The third kappa shape index (κ3) is 5.17. The van der Waals surface area contributed by atoms with Gasteiger partial charge in [-0.15, -0.1) is 0 Å². The normalized spacial score (nSPS) is 13.8. The quantitative estimate of drug-likeness (QED) is 0.650. The van der Waals surface area contributed by atoms with Crippen LogP contribution < -0.4 is 10.6 Å². The van der Waals surface area contributed by atoms with E-state index in [4.69, 9.17) is 0 Å². The molecule has 20 heavy (non-hydrogen) atoms. The van der Waals surface area contributed by atoms with E-state index in [1.807, 2.05) is 20.1 Å². The first kappa shape index (κ1) is 17.0. The highest BCUT2D eigenvalue weighted by molar-refractivity contribution is 7.98. The molecular formula is C14H26N4OS. The van der Waals surface area contributed by atoms with Gasteiger partial charge in [0, 0.05) is 24.4 Å². The second-order valence-electron chi connectivity index (χ2n) is 5.11. The Morgan fingerprint density at radius 3 is 2.45 bits per heavy atom. The molecule has 0 aromatic carbocycles. The molecule has 0 saturated heterocycles. The Hall–Kier alpha value is -1.01. The number of hydrogen-bond donors (Lipinski definition) is 3. The maximum absolute atomic E-state index is 10.2. The van der Waals surface area contributed by atoms with E-state index >= 15 is 0 Å². The lowest BCUT2D eigenvalue weighted by Gasteiger charge is -2.24. The van der Waals surface area contributed by atoms with Gasteiger partial charge < -0.3 is 15.7 Å². The Bertz CT molecular complexity index is 412. The Labute approximate surface area is 126 Å². The number of nitrogens with one attached hydrogen (secondary N) is 2. The molecule has 0 amide bonds. The van der Waals surface area contributed by atoms with Gasteiger partial charge in [-0.3, -0.25) is 0 Å². The summed E-state index contributed by atoms with van der Waals surface area (Å²) in [6, 6.07) is 0. The maximum atomic E-state index is 10.2. The molecule has 0 aliphatic heterocycles. The first-order valence-electron chi connectivity index (χ1n) is 7.07. The van der Waals surface area contributed by atoms with Gasteiger partial charge in [-0.2, -0.15) is 11.8 Å². The number of hydrogen-bond acceptors (Lipinski definition) is 6. The lowest BCUT2D eigenvalue weighted by Crippen LogP contribution is -2.36. The van der Waals surface area contributed by atoms with Gasteiger partial charge in [0.25, 0.3) is 0 Å². The first-order chi connectivity index (χ1) is 9.54. The van der Waals surface area contributed by atoms with E-state index in [1.54, 1.807) is 18.1 Å². The summed E-state index contributed by atoms with van der Waals surface area (Å²) in [5, 5.41) is 16.8. The second kappa shape index (κ2) is 8.32. The Morgan fingerprint density at radius 1 is 1.25 bits per heavy atom. The van der Waals surface area contributed by atoms with Gasteiger partial charge in [0.05, 0.1) is 5.60 Å². The largest absolute Gasteiger partial charge is 0.387 e. The summed E-state index contributed by atoms with van der Waals surface area (Å²) in [6.07, 6.45) is 5.49. The molecule has 1 unspecified atom stereocenters. The molecule has 3 N–H and O–H groups in total. The molecule has 1 atom stereocenters. The number of aromatic nitrogens is 2. The number of aliphatic hydroxyl groups is 1. The second-order valence-corrected chi connectivity index (χ2v) is 5.98. The van der Waals surface area contributed by atoms with Crippen LogP contribution in [0.4, 0.5) is 11.6 Å². The molecular weight excluding hydrogens is 272 g/mol. The van der Waals surface area contributed by atoms with Gasteiger partial charge in [0.2, 0.25) is 0 Å². The van der Waals surface area contributed by atoms with E-state index in [0.29, 0.717) is 12.3 Å². The minimum absolute atomic E-state index is 0.479. The summed E-state index contributed by atoms with van der Waals surface area (Å²) in [4.78, 5) is 8.62. The third-order valence-electron chi connectivity index (χ3n) is 2.88. The van der Waals surface area contributed by atoms with Crippen molar-refractivity contribution in [3.8, 4) is 0 Å². The Morgan fingerprint density at radius 2 is 1.90 bits per heavy atom. The fraction of sp³-hybridized carbons (Fsp3) is 0.714. The molecule has 0 spiro atoms. The fourth-order valence-corrected chi connectivity index (χ4v) is 2.73. The van der Waals surface area contributed by atoms with Crippen molar-refractivity contribution in [2.45, 2.75) is 39.2 Å². The molecule has 6 heteroatoms. The lowest BCUT2D eigenvalue weighted by molar-refractivity contribution is 0.0996. The number of rotatable bonds is 9. The van der Waals surface area contributed by atoms with Crippen molar-refractivity contribution in [3.63, 3.8) is 0 Å². The molecule has 0 fully saturated rings. The summed E-state index contributed by atoms with van der Waals surface area (Å²) in [5.41, 5.74) is 0.350. The lowest BCUT2D eigenvalue weighted by atomic mass is 10.1. The minimum atomic E-state index is -0.744. The number of thioether (sulfide) groups is 1. The Balaban J connectivity index is 2.85. The first-order valence-corrected chi connectivity index (χ1v) is 8.46. The van der Waals surface area contributed by atoms with E-state index in [-0.39, 0.29) is 0 Å². The monoisotopic (exact) mass is 298 g/mol. The van der Waals surface area contributed by atoms with Crippen molar-refractivity contribution < 1.29 is 5.11 Å². The van der Waals surface area contributed by atoms with Crippen LogP contribution in [0.15, 0.2) is 6.33 Å². The molecule has 0 aliphatic rings. The molecule has 0 saturated carbocycles. The standard InChI is InChI=1S/C14H26N4OS/c1-5-7-11-12(15-6-2)17-10-18-13(11)16-8-14(3,19)9-20-4/h10,19H,5-9H2,1-4H3,(H2,15,16,17,18). The van der Waals surface area contributed by atoms with Crippen LogP contribution in [-0.2, 0) is 6.42 Å². The maximum Gasteiger partial charge on any atom is 0.134 e. The van der Waals surface area contributed by atoms with E-state index in [9.17, 15) is 5.11 Å². The smallest absolute Gasteiger partial charge is 0.134 e. The van der Waals surface area contributed by atoms with Gasteiger partial charge in [-0.1, -0.05) is 13.3 Å². The topological polar surface area (TPSA) is 70.1 Å². The summed E-state index contributed by atoms with van der Waals surface area (Å²) < 4.78 is 0. The zero-order chi connectivity index (χ0) is 15.0. The summed E-state index contributed by atoms with van der Waals surface area (Å²) in [7, 11) is 0. The summed E-state index contributed by atoms with van der Waals surface area (Å²) in [5.74, 6) is 2.39. The summed E-state index contributed by atoms with van der Waals surface area (Å²) >= 11 is 1.63. The SMILES string of the molecule is CCCc1c(NCC)ncnc1NCC(C)(O)CSC. The van der Waals surface area contributed by atoms with Gasteiger partial charge in [0.15, 0.2) is 0 Å². The van der Waals surface area contributed by atoms with Gasteiger partial charge in [0.1, 0.15) is 18.0 Å². The van der Waals surface area contributed by atoms with Crippen LogP contribution in [0.5, 0.6) is 0 Å². The van der Waals surface area contributed by atoms with E-state index in [1.165, 1.54) is 0 Å². The van der Waals surface area contributed by atoms with Crippen LogP contribution in [0.2, 0.25) is 0 Å². The minimum Gasteiger partial charge on any atom is -0.387 e. The average molecular weight is 298 g/mol. The van der Waals surface area contributed by atoms with Crippen LogP contribution in [0, 0.1) is 0 Å². The molecule has 1 rings (SSSR count). The van der Waals surface area contributed by atoms with Crippen molar-refractivity contribution in [3.05, 3.63) is 11.9 Å². The molecule has 1 aromatic rings. The highest BCUT2D eigenvalue weighted by Crippen LogP contribution is 2.22. The van der Waals surface area contributed by atoms with Crippen LogP contribution in [0.3, 0.4) is 0 Å². The molecule has 0 radical (unpaired) electrons. The van der Waals surface area contributed by atoms with Crippen molar-refractivity contribution in [2.24, 2.45) is 0 Å². The highest BCUT2D eigenvalue weighted by Gasteiger charge is 2.20. The van der Waals surface area contributed by atoms with Gasteiger partial charge in [-0.25, -0.2) is 9.97 Å². The van der Waals surface area contributed by atoms with Crippen LogP contribution in [0.1, 0.15) is 32.8 Å². The van der Waals surface area contributed by atoms with E-state index in [0.717, 1.165) is 36.6 Å². The van der Waals surface area contributed by atoms with E-state index in [2.05, 4.69) is 27.5 Å². The predicted molar refractivity (Wildman–Crippen MR) is 87.7 cm³/mol. The van der Waals surface area contributed by atoms with Crippen LogP contribution in [0.25, 0.3) is 0 Å². The van der Waals surface area contributed by atoms with Gasteiger partial charge in [-0.05, 0) is 26.5 Å². The zero-order valence-corrected chi connectivity index (χ0v) is 13.7. The Kier molecular flexibility index (Phi) is 7.09. The predicted octanol–water partition coefficient (Wildman–Crippen LogP) is 2.39. The molecule has 5 nitrogen and oxygen atoms in total. The fourth-order valence-electron chi connectivity index (χ4n) is 2.01. The van der Waals surface area contributed by atoms with Gasteiger partial charge >= 0.3 is 0 Å². The zero-order valence-electron chi connectivity index (χ0n) is 12.9. The van der Waals surface area contributed by atoms with Crippen LogP contribution >= 0.6 is 11.8 Å². The van der Waals surface area contributed by atoms with E-state index < -0.39 is 5.60 Å². The van der Waals surface area contributed by atoms with Crippen molar-refractivity contribution >= 4 is 23.4 Å². The van der Waals surface area contributed by atoms with Crippen molar-refractivity contribution in [2.75, 3.05) is 35.7 Å². The van der Waals surface area contributed by atoms with Crippen molar-refractivity contribution in [1.29, 1.82) is 0 Å². The molecule has 0 bridgehead atoms. The highest BCUT2D eigenvalue weighted by atomic mass is 32.2. The van der Waals surface area contributed by atoms with Crippen molar-refractivity contribution in [1.82, 2.24) is 9.97 Å².